The molecule has 13 heavy (non-hydrogen) atoms. The van der Waals surface area contributed by atoms with Crippen LogP contribution in [-0.2, 0) is 6.61 Å². The summed E-state index contributed by atoms with van der Waals surface area (Å²) in [5.41, 5.74) is 0.802. The summed E-state index contributed by atoms with van der Waals surface area (Å²) in [5.74, 6) is 0.720. The molecule has 2 nitrogen and oxygen atoms in total. The summed E-state index contributed by atoms with van der Waals surface area (Å²) in [6, 6.07) is 5.30. The number of ether oxygens (including phenoxy) is 1. The lowest BCUT2D eigenvalue weighted by molar-refractivity contribution is 0.258. The van der Waals surface area contributed by atoms with Gasteiger partial charge in [-0.05, 0) is 25.0 Å². The summed E-state index contributed by atoms with van der Waals surface area (Å²) in [7, 11) is 0. The Hall–Kier alpha value is -0.730. The molecule has 0 radical (unpaired) electrons. The Morgan fingerprint density at radius 3 is 2.85 bits per heavy atom. The van der Waals surface area contributed by atoms with Crippen molar-refractivity contribution < 1.29 is 9.84 Å². The second-order valence-corrected chi connectivity index (χ2v) is 3.66. The molecule has 0 heterocycles. The minimum absolute atomic E-state index is 0.000772. The van der Waals surface area contributed by atoms with Gasteiger partial charge in [0, 0.05) is 10.6 Å². The van der Waals surface area contributed by atoms with Crippen LogP contribution in [0.2, 0.25) is 5.02 Å². The van der Waals surface area contributed by atoms with Crippen LogP contribution in [0.25, 0.3) is 0 Å². The summed E-state index contributed by atoms with van der Waals surface area (Å²) < 4.78 is 5.58. The normalized spacial score (nSPS) is 15.8. The van der Waals surface area contributed by atoms with Gasteiger partial charge in [0.15, 0.2) is 0 Å². The Morgan fingerprint density at radius 1 is 1.46 bits per heavy atom. The minimum Gasteiger partial charge on any atom is -0.490 e. The minimum atomic E-state index is -0.000772. The van der Waals surface area contributed by atoms with Gasteiger partial charge in [-0.2, -0.15) is 0 Å². The molecular weight excluding hydrogens is 188 g/mol. The Labute approximate surface area is 82.1 Å². The van der Waals surface area contributed by atoms with Crippen LogP contribution in [0.4, 0.5) is 0 Å². The first kappa shape index (κ1) is 8.85. The standard InChI is InChI=1S/C10H11ClO2/c11-8-2-1-7(6-12)10(5-8)13-9-3-4-9/h1-2,5,9,12H,3-4,6H2. The molecule has 0 aliphatic heterocycles. The van der Waals surface area contributed by atoms with Gasteiger partial charge in [-0.15, -0.1) is 0 Å². The van der Waals surface area contributed by atoms with Crippen LogP contribution in [-0.4, -0.2) is 11.2 Å². The van der Waals surface area contributed by atoms with E-state index in [1.54, 1.807) is 18.2 Å². The average Bonchev–Trinajstić information content (AvgIpc) is 2.89. The molecule has 0 atom stereocenters. The first-order chi connectivity index (χ1) is 6.29. The van der Waals surface area contributed by atoms with E-state index in [1.807, 2.05) is 0 Å². The maximum absolute atomic E-state index is 9.02. The first-order valence-electron chi connectivity index (χ1n) is 4.35. The van der Waals surface area contributed by atoms with Crippen molar-refractivity contribution in [3.8, 4) is 5.75 Å². The van der Waals surface area contributed by atoms with Gasteiger partial charge in [0.2, 0.25) is 0 Å². The van der Waals surface area contributed by atoms with Crippen LogP contribution in [0.3, 0.4) is 0 Å². The van der Waals surface area contributed by atoms with Gasteiger partial charge in [0.05, 0.1) is 12.7 Å². The van der Waals surface area contributed by atoms with E-state index in [4.69, 9.17) is 21.4 Å². The van der Waals surface area contributed by atoms with E-state index in [0.29, 0.717) is 11.1 Å². The largest absolute Gasteiger partial charge is 0.490 e. The fourth-order valence-electron chi connectivity index (χ4n) is 1.13. The maximum atomic E-state index is 9.02. The fourth-order valence-corrected chi connectivity index (χ4v) is 1.30. The van der Waals surface area contributed by atoms with Crippen LogP contribution in [0.5, 0.6) is 5.75 Å². The topological polar surface area (TPSA) is 29.5 Å². The summed E-state index contributed by atoms with van der Waals surface area (Å²) in [5, 5.41) is 9.67. The molecule has 70 valence electrons. The van der Waals surface area contributed by atoms with Crippen molar-refractivity contribution in [1.82, 2.24) is 0 Å². The van der Waals surface area contributed by atoms with Gasteiger partial charge in [0.1, 0.15) is 5.75 Å². The molecule has 0 bridgehead atoms. The van der Waals surface area contributed by atoms with Gasteiger partial charge < -0.3 is 9.84 Å². The third-order valence-electron chi connectivity index (χ3n) is 2.02. The van der Waals surface area contributed by atoms with Gasteiger partial charge in [-0.1, -0.05) is 17.7 Å². The van der Waals surface area contributed by atoms with Crippen molar-refractivity contribution in [1.29, 1.82) is 0 Å². The molecule has 1 aliphatic carbocycles. The molecule has 1 N–H and O–H groups in total. The molecule has 2 rings (SSSR count). The van der Waals surface area contributed by atoms with E-state index >= 15 is 0 Å². The fraction of sp³-hybridized carbons (Fsp3) is 0.400. The van der Waals surface area contributed by atoms with E-state index in [2.05, 4.69) is 0 Å². The van der Waals surface area contributed by atoms with E-state index < -0.39 is 0 Å². The van der Waals surface area contributed by atoms with E-state index in [1.165, 1.54) is 0 Å². The predicted molar refractivity (Wildman–Crippen MR) is 51.0 cm³/mol. The van der Waals surface area contributed by atoms with Gasteiger partial charge >= 0.3 is 0 Å². The summed E-state index contributed by atoms with van der Waals surface area (Å²) >= 11 is 5.82. The van der Waals surface area contributed by atoms with Crippen LogP contribution < -0.4 is 4.74 Å². The van der Waals surface area contributed by atoms with Gasteiger partial charge in [-0.25, -0.2) is 0 Å². The molecule has 1 aromatic rings. The lowest BCUT2D eigenvalue weighted by Crippen LogP contribution is -1.99. The number of benzene rings is 1. The Morgan fingerprint density at radius 2 is 2.23 bits per heavy atom. The van der Waals surface area contributed by atoms with Crippen molar-refractivity contribution in [2.75, 3.05) is 0 Å². The molecule has 0 amide bonds. The molecule has 1 aliphatic rings. The van der Waals surface area contributed by atoms with Crippen LogP contribution in [0.1, 0.15) is 18.4 Å². The second-order valence-electron chi connectivity index (χ2n) is 3.23. The van der Waals surface area contributed by atoms with Crippen molar-refractivity contribution in [2.45, 2.75) is 25.6 Å². The summed E-state index contributed by atoms with van der Waals surface area (Å²) in [6.07, 6.45) is 2.55. The van der Waals surface area contributed by atoms with Crippen molar-refractivity contribution >= 4 is 11.6 Å². The van der Waals surface area contributed by atoms with Crippen molar-refractivity contribution in [2.24, 2.45) is 0 Å². The van der Waals surface area contributed by atoms with Crippen molar-refractivity contribution in [3.05, 3.63) is 28.8 Å². The quantitative estimate of drug-likeness (QED) is 0.808. The Kier molecular flexibility index (Phi) is 2.42. The maximum Gasteiger partial charge on any atom is 0.126 e. The molecule has 1 saturated carbocycles. The number of hydrogen-bond donors (Lipinski definition) is 1. The predicted octanol–water partition coefficient (Wildman–Crippen LogP) is 2.37. The summed E-state index contributed by atoms with van der Waals surface area (Å²) in [4.78, 5) is 0. The number of hydrogen-bond acceptors (Lipinski definition) is 2. The Bertz CT molecular complexity index is 308. The van der Waals surface area contributed by atoms with Crippen LogP contribution >= 0.6 is 11.6 Å². The highest BCUT2D eigenvalue weighted by molar-refractivity contribution is 6.30. The third-order valence-corrected chi connectivity index (χ3v) is 2.25. The van der Waals surface area contributed by atoms with Crippen LogP contribution in [0, 0.1) is 0 Å². The highest BCUT2D eigenvalue weighted by Gasteiger charge is 2.24. The zero-order valence-corrected chi connectivity index (χ0v) is 7.92. The third kappa shape index (κ3) is 2.14. The molecular formula is C10H11ClO2. The molecule has 0 saturated heterocycles. The second kappa shape index (κ2) is 3.56. The number of rotatable bonds is 3. The molecule has 1 fully saturated rings. The average molecular weight is 199 g/mol. The number of aliphatic hydroxyl groups is 1. The van der Waals surface area contributed by atoms with E-state index in [0.717, 1.165) is 24.2 Å². The smallest absolute Gasteiger partial charge is 0.126 e. The first-order valence-corrected chi connectivity index (χ1v) is 4.73. The Balaban J connectivity index is 2.22. The SMILES string of the molecule is OCc1ccc(Cl)cc1OC1CC1. The zero-order valence-electron chi connectivity index (χ0n) is 7.16. The van der Waals surface area contributed by atoms with Crippen LogP contribution in [0.15, 0.2) is 18.2 Å². The van der Waals surface area contributed by atoms with E-state index in [9.17, 15) is 0 Å². The molecule has 0 spiro atoms. The molecule has 0 aromatic heterocycles. The van der Waals surface area contributed by atoms with Gasteiger partial charge in [-0.3, -0.25) is 0 Å². The zero-order chi connectivity index (χ0) is 9.26. The highest BCUT2D eigenvalue weighted by Crippen LogP contribution is 2.30. The lowest BCUT2D eigenvalue weighted by atomic mass is 10.2. The van der Waals surface area contributed by atoms with Crippen molar-refractivity contribution in [3.63, 3.8) is 0 Å². The molecule has 1 aromatic carbocycles. The number of aliphatic hydroxyl groups excluding tert-OH is 1. The lowest BCUT2D eigenvalue weighted by Gasteiger charge is -2.08. The number of halogens is 1. The monoisotopic (exact) mass is 198 g/mol. The van der Waals surface area contributed by atoms with E-state index in [-0.39, 0.29) is 6.61 Å². The van der Waals surface area contributed by atoms with Gasteiger partial charge in [0.25, 0.3) is 0 Å². The molecule has 0 unspecified atom stereocenters. The molecule has 3 heteroatoms. The highest BCUT2D eigenvalue weighted by atomic mass is 35.5. The summed E-state index contributed by atoms with van der Waals surface area (Å²) in [6.45, 7) is -0.000772.